The maximum atomic E-state index is 12.2. The third-order valence-corrected chi connectivity index (χ3v) is 3.85. The van der Waals surface area contributed by atoms with Crippen molar-refractivity contribution < 1.29 is 18.7 Å². The molecule has 3 rings (SSSR count). The van der Waals surface area contributed by atoms with Gasteiger partial charge >= 0.3 is 11.6 Å². The van der Waals surface area contributed by atoms with Crippen LogP contribution in [-0.2, 0) is 11.2 Å². The first-order valence-electron chi connectivity index (χ1n) is 7.78. The molecule has 0 radical (unpaired) electrons. The Kier molecular flexibility index (Phi) is 4.48. The molecule has 0 aliphatic carbocycles. The van der Waals surface area contributed by atoms with Crippen molar-refractivity contribution in [2.45, 2.75) is 20.3 Å². The lowest BCUT2D eigenvalue weighted by Crippen LogP contribution is -2.14. The molecule has 0 aliphatic rings. The molecule has 0 spiro atoms. The number of carbonyl (C=O) groups excluding carboxylic acids is 2. The van der Waals surface area contributed by atoms with Gasteiger partial charge in [0, 0.05) is 11.5 Å². The molecule has 0 amide bonds. The fraction of sp³-hybridized carbons (Fsp3) is 0.150. The standard InChI is InChI=1S/C20H16O5/c1-12-10-17(22)25-20-15(12)8-9-16(19(20)13(2)21)24-18(23)11-14-6-4-3-5-7-14/h3-10H,11H2,1-2H3. The average molecular weight is 336 g/mol. The van der Waals surface area contributed by atoms with Crippen LogP contribution in [0.25, 0.3) is 11.0 Å². The van der Waals surface area contributed by atoms with Gasteiger partial charge in [0.25, 0.3) is 0 Å². The van der Waals surface area contributed by atoms with Crippen LogP contribution in [-0.4, -0.2) is 11.8 Å². The molecule has 0 unspecified atom stereocenters. The second-order valence-electron chi connectivity index (χ2n) is 5.76. The second kappa shape index (κ2) is 6.73. The molecule has 0 fully saturated rings. The Morgan fingerprint density at radius 3 is 2.48 bits per heavy atom. The fourth-order valence-electron chi connectivity index (χ4n) is 2.71. The van der Waals surface area contributed by atoms with Crippen molar-refractivity contribution in [2.75, 3.05) is 0 Å². The fourth-order valence-corrected chi connectivity index (χ4v) is 2.71. The zero-order chi connectivity index (χ0) is 18.0. The van der Waals surface area contributed by atoms with Crippen molar-refractivity contribution in [1.29, 1.82) is 0 Å². The van der Waals surface area contributed by atoms with Crippen LogP contribution < -0.4 is 10.4 Å². The molecule has 1 heterocycles. The van der Waals surface area contributed by atoms with Gasteiger partial charge in [-0.15, -0.1) is 0 Å². The summed E-state index contributed by atoms with van der Waals surface area (Å²) in [4.78, 5) is 36.0. The molecule has 1 aromatic heterocycles. The molecule has 0 saturated carbocycles. The van der Waals surface area contributed by atoms with Crippen LogP contribution in [0.3, 0.4) is 0 Å². The molecule has 5 nitrogen and oxygen atoms in total. The Morgan fingerprint density at radius 2 is 1.80 bits per heavy atom. The predicted molar refractivity (Wildman–Crippen MR) is 93.0 cm³/mol. The SMILES string of the molecule is CC(=O)c1c(OC(=O)Cc2ccccc2)ccc2c(C)cc(=O)oc12. The van der Waals surface area contributed by atoms with Gasteiger partial charge in [0.1, 0.15) is 11.3 Å². The van der Waals surface area contributed by atoms with Gasteiger partial charge in [-0.2, -0.15) is 0 Å². The zero-order valence-corrected chi connectivity index (χ0v) is 13.9. The number of Topliss-reactive ketones (excluding diaryl/α,β-unsaturated/α-hetero) is 1. The second-order valence-corrected chi connectivity index (χ2v) is 5.76. The van der Waals surface area contributed by atoms with Gasteiger partial charge in [0.15, 0.2) is 11.4 Å². The molecule has 0 aliphatic heterocycles. The Balaban J connectivity index is 2.01. The van der Waals surface area contributed by atoms with E-state index >= 15 is 0 Å². The van der Waals surface area contributed by atoms with E-state index in [1.165, 1.54) is 13.0 Å². The third-order valence-electron chi connectivity index (χ3n) is 3.85. The van der Waals surface area contributed by atoms with E-state index in [0.29, 0.717) is 10.9 Å². The number of ketones is 1. The minimum atomic E-state index is -0.555. The van der Waals surface area contributed by atoms with E-state index in [1.807, 2.05) is 30.3 Å². The van der Waals surface area contributed by atoms with Crippen LogP contribution in [0.2, 0.25) is 0 Å². The molecule has 0 atom stereocenters. The Labute approximate surface area is 143 Å². The van der Waals surface area contributed by atoms with Gasteiger partial charge < -0.3 is 9.15 Å². The molecule has 3 aromatic rings. The number of aryl methyl sites for hydroxylation is 1. The highest BCUT2D eigenvalue weighted by Crippen LogP contribution is 2.29. The largest absolute Gasteiger partial charge is 0.425 e. The first-order chi connectivity index (χ1) is 12.0. The number of fused-ring (bicyclic) bond motifs is 1. The van der Waals surface area contributed by atoms with Gasteiger partial charge in [0.2, 0.25) is 0 Å². The Hall–Kier alpha value is -3.21. The van der Waals surface area contributed by atoms with E-state index in [1.54, 1.807) is 19.1 Å². The lowest BCUT2D eigenvalue weighted by molar-refractivity contribution is -0.133. The normalized spacial score (nSPS) is 10.6. The quantitative estimate of drug-likeness (QED) is 0.316. The van der Waals surface area contributed by atoms with E-state index < -0.39 is 11.6 Å². The van der Waals surface area contributed by atoms with E-state index in [9.17, 15) is 14.4 Å². The van der Waals surface area contributed by atoms with E-state index in [-0.39, 0.29) is 29.1 Å². The summed E-state index contributed by atoms with van der Waals surface area (Å²) in [7, 11) is 0. The summed E-state index contributed by atoms with van der Waals surface area (Å²) in [5.41, 5.74) is 1.18. The highest BCUT2D eigenvalue weighted by atomic mass is 16.5. The molecule has 0 bridgehead atoms. The molecular formula is C20H16O5. The first-order valence-corrected chi connectivity index (χ1v) is 7.78. The average Bonchev–Trinajstić information content (AvgIpc) is 2.54. The summed E-state index contributed by atoms with van der Waals surface area (Å²) in [6, 6.07) is 13.7. The number of benzene rings is 2. The van der Waals surface area contributed by atoms with Crippen molar-refractivity contribution in [2.24, 2.45) is 0 Å². The lowest BCUT2D eigenvalue weighted by atomic mass is 10.0. The van der Waals surface area contributed by atoms with Crippen LogP contribution in [0.5, 0.6) is 5.75 Å². The molecule has 2 aromatic carbocycles. The minimum absolute atomic E-state index is 0.0774. The number of hydrogen-bond acceptors (Lipinski definition) is 5. The molecule has 25 heavy (non-hydrogen) atoms. The molecule has 0 N–H and O–H groups in total. The van der Waals surface area contributed by atoms with Gasteiger partial charge in [-0.05, 0) is 37.1 Å². The molecule has 126 valence electrons. The van der Waals surface area contributed by atoms with Gasteiger partial charge in [-0.1, -0.05) is 30.3 Å². The number of ether oxygens (including phenoxy) is 1. The Bertz CT molecular complexity index is 1020. The molecule has 5 heteroatoms. The summed E-state index contributed by atoms with van der Waals surface area (Å²) >= 11 is 0. The number of esters is 1. The van der Waals surface area contributed by atoms with Crippen LogP contribution in [0, 0.1) is 6.92 Å². The van der Waals surface area contributed by atoms with Crippen LogP contribution in [0.4, 0.5) is 0 Å². The summed E-state index contributed by atoms with van der Waals surface area (Å²) < 4.78 is 10.6. The first kappa shape index (κ1) is 16.6. The predicted octanol–water partition coefficient (Wildman–Crippen LogP) is 3.45. The van der Waals surface area contributed by atoms with Gasteiger partial charge in [-0.3, -0.25) is 9.59 Å². The van der Waals surface area contributed by atoms with Crippen molar-refractivity contribution in [3.05, 3.63) is 75.6 Å². The summed E-state index contributed by atoms with van der Waals surface area (Å²) in [5, 5.41) is 0.632. The maximum Gasteiger partial charge on any atom is 0.336 e. The minimum Gasteiger partial charge on any atom is -0.425 e. The highest BCUT2D eigenvalue weighted by Gasteiger charge is 2.19. The van der Waals surface area contributed by atoms with Crippen molar-refractivity contribution in [1.82, 2.24) is 0 Å². The lowest BCUT2D eigenvalue weighted by Gasteiger charge is -2.11. The maximum absolute atomic E-state index is 12.2. The van der Waals surface area contributed by atoms with Gasteiger partial charge in [0.05, 0.1) is 6.42 Å². The number of rotatable bonds is 4. The number of hydrogen-bond donors (Lipinski definition) is 0. The molecule has 0 saturated heterocycles. The summed E-state index contributed by atoms with van der Waals surface area (Å²) in [6.45, 7) is 3.09. The van der Waals surface area contributed by atoms with Crippen molar-refractivity contribution in [3.63, 3.8) is 0 Å². The van der Waals surface area contributed by atoms with Crippen molar-refractivity contribution in [3.8, 4) is 5.75 Å². The van der Waals surface area contributed by atoms with Gasteiger partial charge in [-0.25, -0.2) is 4.79 Å². The monoisotopic (exact) mass is 336 g/mol. The topological polar surface area (TPSA) is 73.6 Å². The van der Waals surface area contributed by atoms with Crippen LogP contribution in [0.1, 0.15) is 28.4 Å². The highest BCUT2D eigenvalue weighted by molar-refractivity contribution is 6.08. The smallest absolute Gasteiger partial charge is 0.336 e. The van der Waals surface area contributed by atoms with E-state index in [4.69, 9.17) is 9.15 Å². The van der Waals surface area contributed by atoms with E-state index in [0.717, 1.165) is 5.56 Å². The molecular weight excluding hydrogens is 320 g/mol. The zero-order valence-electron chi connectivity index (χ0n) is 13.9. The summed E-state index contributed by atoms with van der Waals surface area (Å²) in [5.74, 6) is -0.750. The van der Waals surface area contributed by atoms with Crippen LogP contribution >= 0.6 is 0 Å². The summed E-state index contributed by atoms with van der Waals surface area (Å²) in [6.07, 6.45) is 0.0774. The van der Waals surface area contributed by atoms with Crippen molar-refractivity contribution >= 4 is 22.7 Å². The third kappa shape index (κ3) is 3.50. The Morgan fingerprint density at radius 1 is 1.08 bits per heavy atom. The number of carbonyl (C=O) groups is 2. The van der Waals surface area contributed by atoms with E-state index in [2.05, 4.69) is 0 Å². The van der Waals surface area contributed by atoms with Crippen LogP contribution in [0.15, 0.2) is 57.7 Å².